The van der Waals surface area contributed by atoms with Crippen molar-refractivity contribution >= 4 is 46.4 Å². The molecule has 0 atom stereocenters. The maximum atomic E-state index is 6.69. The minimum Gasteiger partial charge on any atom is -0.573 e. The van der Waals surface area contributed by atoms with Gasteiger partial charge in [0.15, 0.2) is 0 Å². The first kappa shape index (κ1) is 111. The van der Waals surface area contributed by atoms with E-state index in [0.29, 0.717) is 0 Å². The summed E-state index contributed by atoms with van der Waals surface area (Å²) in [5.41, 5.74) is 23.0. The topological polar surface area (TPSA) is 262 Å². The van der Waals surface area contributed by atoms with Crippen molar-refractivity contribution in [1.82, 2.24) is 80.7 Å². The van der Waals surface area contributed by atoms with Gasteiger partial charge in [-0.1, -0.05) is 275 Å². The molecule has 0 spiro atoms. The maximum Gasteiger partial charge on any atom is 2.00 e. The summed E-state index contributed by atoms with van der Waals surface area (Å²) in [4.78, 5) is 41.1. The number of anilines is 3. The van der Waals surface area contributed by atoms with Crippen LogP contribution in [-0.2, 0) is 121 Å². The van der Waals surface area contributed by atoms with Gasteiger partial charge in [0, 0.05) is 80.7 Å². The van der Waals surface area contributed by atoms with E-state index >= 15 is 0 Å². The van der Waals surface area contributed by atoms with Crippen LogP contribution in [0.25, 0.3) is 45.6 Å². The van der Waals surface area contributed by atoms with E-state index in [1.165, 1.54) is 10.4 Å². The van der Waals surface area contributed by atoms with Gasteiger partial charge < -0.3 is 77.3 Å². The van der Waals surface area contributed by atoms with Crippen LogP contribution in [0.4, 0.5) is 17.3 Å². The molecule has 19 rings (SSSR count). The Morgan fingerprint density at radius 2 is 0.607 bits per heavy atom. The summed E-state index contributed by atoms with van der Waals surface area (Å²) >= 11 is 0. The normalized spacial score (nSPS) is 10.3. The SMILES string of the molecule is CCc1n[n-]c(-c2cccc(C(C)(C)c3ccccn3)n2)c1C.CCc1n[n-]c(-c2cccc(C(c3ccccc3)(c3ccccc3)c3ccccn3)n2)c1C.CCc1n[n-]c(-c2cccc(N(c3ccccc3)c3ccccn3)n2)c1C.CCc1n[n-]c(-c2cccc([Si](c3ccccc3)(c3ccccc3)c3ccccn3)n2)c1C.[C-]#Cc1ccccc1.[C-]#Cc1ccccc1.[C-]#N.[C-]#N.[Pt+2].[Pt+2].[Pt+2].[Pt+2]. The second kappa shape index (κ2) is 55.7. The third-order valence-corrected chi connectivity index (χ3v) is 27.6. The minimum absolute atomic E-state index is 0. The number of para-hydroxylation sites is 1. The molecule has 0 aliphatic rings. The fourth-order valence-electron chi connectivity index (χ4n) is 16.1. The summed E-state index contributed by atoms with van der Waals surface area (Å²) in [6.45, 7) is 30.4. The largest absolute Gasteiger partial charge is 2.00 e. The molecule has 12 heterocycles. The average Bonchev–Trinajstić information content (AvgIpc) is 0.858. The zero-order chi connectivity index (χ0) is 96.1. The Morgan fingerprint density at radius 1 is 0.300 bits per heavy atom. The summed E-state index contributed by atoms with van der Waals surface area (Å²) in [7, 11) is -2.75. The van der Waals surface area contributed by atoms with Crippen molar-refractivity contribution in [3.63, 3.8) is 0 Å². The van der Waals surface area contributed by atoms with Gasteiger partial charge in [0.1, 0.15) is 17.1 Å². The first-order valence-corrected chi connectivity index (χ1v) is 46.7. The van der Waals surface area contributed by atoms with Gasteiger partial charge >= 0.3 is 84.3 Å². The Bertz CT molecular complexity index is 6550. The van der Waals surface area contributed by atoms with Crippen LogP contribution in [0.2, 0.25) is 0 Å². The van der Waals surface area contributed by atoms with E-state index in [-0.39, 0.29) is 89.7 Å². The maximum absolute atomic E-state index is 6.69. The number of nitrogens with zero attached hydrogens (tertiary/aromatic N) is 19. The first-order chi connectivity index (χ1) is 66.7. The molecule has 0 saturated carbocycles. The standard InChI is InChI=1S/C29H25N4.C28H25N4Si.C22H20N5.C19H21N4.2C8H5.2CN.4Pt/c1-3-24-21(2)28(33-32-24)25-17-12-19-27(31-25)29(22-13-6-4-7-14-22,23-15-8-5-9-16-23)26-18-10-11-20-30-26;1-3-24-21(2)28(32-31-24)25-17-12-19-27(30-25)33(22-13-6-4-7-14-22,23-15-8-5-9-16-23)26-18-10-11-20-29-26;1-3-18-16(2)22(26-25-18)19-12-9-14-21(24-19)27(17-10-5-4-6-11-17)20-13-7-8-15-23-20;1-5-14-13(2)18(23-22-14)15-9-8-11-17(21-15)19(3,4)16-10-6-7-12-20-16;2*1-2-8-6-4-3-5-7-8;2*1-2;;;;/h2*4-20H,3H2,1-2H3;4-15H,3H2,1-2H3;6-12H,5H2,1-4H3;2*3-7H;;;;;;/q8*-1;4*+2. The van der Waals surface area contributed by atoms with E-state index in [1.807, 2.05) is 230 Å². The molecule has 24 heteroatoms. The van der Waals surface area contributed by atoms with Crippen molar-refractivity contribution in [2.45, 2.75) is 106 Å². The van der Waals surface area contributed by atoms with E-state index in [1.54, 1.807) is 6.20 Å². The summed E-state index contributed by atoms with van der Waals surface area (Å²) in [5.74, 6) is 6.16. The number of hydrogen-bond donors (Lipinski definition) is 0. The number of pyridine rings is 8. The first-order valence-electron chi connectivity index (χ1n) is 44.7. The molecule has 704 valence electrons. The van der Waals surface area contributed by atoms with Crippen LogP contribution < -0.4 is 46.3 Å². The fourth-order valence-corrected chi connectivity index (χ4v) is 20.5. The smallest absolute Gasteiger partial charge is 0.573 e. The van der Waals surface area contributed by atoms with Gasteiger partial charge in [0.2, 0.25) is 8.07 Å². The fraction of sp³-hybridized carbons (Fsp3) is 0.138. The summed E-state index contributed by atoms with van der Waals surface area (Å²) in [5, 5.41) is 52.0. The predicted octanol–water partition coefficient (Wildman–Crippen LogP) is 20.5. The molecular formula is C116H101N19Pt4Si. The number of rotatable bonds is 21. The number of aromatic nitrogens is 16. The Kier molecular flexibility index (Phi) is 44.1. The molecule has 0 unspecified atom stereocenters. The van der Waals surface area contributed by atoms with Crippen LogP contribution in [0.1, 0.15) is 132 Å². The zero-order valence-corrected chi connectivity index (χ0v) is 89.1. The molecule has 0 fully saturated rings. The van der Waals surface area contributed by atoms with E-state index in [0.717, 1.165) is 189 Å². The average molecular weight is 2570 g/mol. The van der Waals surface area contributed by atoms with E-state index in [9.17, 15) is 0 Å². The third kappa shape index (κ3) is 26.3. The van der Waals surface area contributed by atoms with Crippen molar-refractivity contribution in [2.24, 2.45) is 0 Å². The number of hydrogen-bond acceptors (Lipinski definition) is 15. The van der Waals surface area contributed by atoms with Gasteiger partial charge in [0.05, 0.1) is 34.2 Å². The molecule has 12 aromatic heterocycles. The summed E-state index contributed by atoms with van der Waals surface area (Å²) < 4.78 is 0. The van der Waals surface area contributed by atoms with Crippen LogP contribution in [0, 0.1) is 76.1 Å². The predicted molar refractivity (Wildman–Crippen MR) is 541 cm³/mol. The monoisotopic (exact) mass is 2570 g/mol. The molecule has 19 nitrogen and oxygen atoms in total. The van der Waals surface area contributed by atoms with Crippen LogP contribution >= 0.6 is 0 Å². The van der Waals surface area contributed by atoms with Gasteiger partial charge in [-0.3, -0.25) is 46.6 Å². The van der Waals surface area contributed by atoms with Gasteiger partial charge in [-0.25, -0.2) is 9.97 Å². The molecule has 19 aromatic rings. The van der Waals surface area contributed by atoms with Gasteiger partial charge in [-0.05, 0) is 220 Å². The van der Waals surface area contributed by atoms with Gasteiger partial charge in [-0.15, -0.1) is 35.4 Å². The molecule has 7 aromatic carbocycles. The van der Waals surface area contributed by atoms with Crippen LogP contribution in [0.3, 0.4) is 0 Å². The summed E-state index contributed by atoms with van der Waals surface area (Å²) in [6, 6.07) is 120. The Labute approximate surface area is 880 Å². The molecular weight excluding hydrogens is 2470 g/mol. The molecule has 0 saturated heterocycles. The number of benzene rings is 7. The van der Waals surface area contributed by atoms with Crippen molar-refractivity contribution in [2.75, 3.05) is 4.90 Å². The second-order valence-corrected chi connectivity index (χ2v) is 35.3. The van der Waals surface area contributed by atoms with Crippen molar-refractivity contribution in [3.05, 3.63) is 499 Å². The van der Waals surface area contributed by atoms with Crippen LogP contribution in [-0.4, -0.2) is 68.3 Å². The molecule has 0 amide bonds. The quantitative estimate of drug-likeness (QED) is 0.0368. The minimum atomic E-state index is -2.75. The van der Waals surface area contributed by atoms with Crippen LogP contribution in [0.5, 0.6) is 0 Å². The molecule has 140 heavy (non-hydrogen) atoms. The molecule has 0 N–H and O–H groups in total. The molecule has 0 aliphatic heterocycles. The van der Waals surface area contributed by atoms with E-state index in [4.69, 9.17) is 66.4 Å². The Balaban J connectivity index is 0.000000213. The van der Waals surface area contributed by atoms with Crippen LogP contribution in [0.15, 0.2) is 383 Å². The third-order valence-electron chi connectivity index (χ3n) is 23.1. The summed E-state index contributed by atoms with van der Waals surface area (Å²) in [6.07, 6.45) is 24.2. The van der Waals surface area contributed by atoms with Gasteiger partial charge in [-0.2, -0.15) is 0 Å². The Morgan fingerprint density at radius 3 is 0.971 bits per heavy atom. The van der Waals surface area contributed by atoms with Crippen molar-refractivity contribution in [1.29, 1.82) is 10.5 Å². The zero-order valence-electron chi connectivity index (χ0n) is 79.0. The Hall–Kier alpha value is -14.5. The van der Waals surface area contributed by atoms with E-state index < -0.39 is 13.5 Å². The molecule has 0 radical (unpaired) electrons. The van der Waals surface area contributed by atoms with Gasteiger partial charge in [0.25, 0.3) is 0 Å². The number of aryl methyl sites for hydroxylation is 4. The second-order valence-electron chi connectivity index (χ2n) is 31.6. The molecule has 0 aliphatic carbocycles. The van der Waals surface area contributed by atoms with E-state index in [2.05, 4.69) is 283 Å². The molecule has 0 bridgehead atoms. The van der Waals surface area contributed by atoms with Crippen molar-refractivity contribution in [3.8, 4) is 57.4 Å². The van der Waals surface area contributed by atoms with Crippen molar-refractivity contribution < 1.29 is 84.3 Å².